The molecular formula is C19H26N4O3. The third-order valence-electron chi connectivity index (χ3n) is 4.32. The van der Waals surface area contributed by atoms with Crippen molar-refractivity contribution in [2.24, 2.45) is 5.10 Å². The average molecular weight is 358 g/mol. The van der Waals surface area contributed by atoms with Crippen molar-refractivity contribution in [1.82, 2.24) is 10.6 Å². The summed E-state index contributed by atoms with van der Waals surface area (Å²) in [5.74, 6) is -0.486. The predicted octanol–water partition coefficient (Wildman–Crippen LogP) is 1.63. The molecule has 2 rings (SSSR count). The van der Waals surface area contributed by atoms with Crippen LogP contribution in [-0.2, 0) is 14.4 Å². The molecule has 7 heteroatoms. The molecule has 2 atom stereocenters. The third-order valence-corrected chi connectivity index (χ3v) is 4.32. The summed E-state index contributed by atoms with van der Waals surface area (Å²) in [6.45, 7) is 5.66. The Morgan fingerprint density at radius 3 is 2.58 bits per heavy atom. The van der Waals surface area contributed by atoms with Crippen LogP contribution < -0.4 is 15.6 Å². The first-order valence-electron chi connectivity index (χ1n) is 8.92. The standard InChI is InChI=1S/C19H26N4O3/c1-4-13(2)21-18(25)10-11-20-19(26)16-12-17(14(3)24)23(22-16)15-8-6-5-7-9-15/h5-9,13,17H,4,10-12H2,1-3H3,(H,20,26)(H,21,25). The monoisotopic (exact) mass is 358 g/mol. The fourth-order valence-electron chi connectivity index (χ4n) is 2.62. The highest BCUT2D eigenvalue weighted by Crippen LogP contribution is 2.24. The maximum atomic E-state index is 12.3. The molecule has 26 heavy (non-hydrogen) atoms. The molecule has 0 aromatic heterocycles. The first kappa shape index (κ1) is 19.6. The van der Waals surface area contributed by atoms with E-state index in [2.05, 4.69) is 15.7 Å². The third kappa shape index (κ3) is 5.15. The van der Waals surface area contributed by atoms with Gasteiger partial charge in [-0.2, -0.15) is 5.10 Å². The van der Waals surface area contributed by atoms with Crippen LogP contribution in [0, 0.1) is 0 Å². The predicted molar refractivity (Wildman–Crippen MR) is 101 cm³/mol. The van der Waals surface area contributed by atoms with Gasteiger partial charge in [-0.1, -0.05) is 25.1 Å². The molecule has 1 heterocycles. The normalized spacial score (nSPS) is 17.4. The zero-order valence-corrected chi connectivity index (χ0v) is 15.5. The first-order chi connectivity index (χ1) is 12.4. The maximum absolute atomic E-state index is 12.3. The van der Waals surface area contributed by atoms with E-state index < -0.39 is 6.04 Å². The number of nitrogens with one attached hydrogen (secondary N) is 2. The molecule has 7 nitrogen and oxygen atoms in total. The molecule has 2 amide bonds. The number of carbonyl (C=O) groups excluding carboxylic acids is 3. The Kier molecular flexibility index (Phi) is 6.89. The average Bonchev–Trinajstić information content (AvgIpc) is 3.08. The number of Topliss-reactive ketones (excluding diaryl/α,β-unsaturated/α-hetero) is 1. The number of benzene rings is 1. The lowest BCUT2D eigenvalue weighted by Crippen LogP contribution is -2.37. The van der Waals surface area contributed by atoms with Gasteiger partial charge in [0.15, 0.2) is 5.78 Å². The van der Waals surface area contributed by atoms with Crippen molar-refractivity contribution in [1.29, 1.82) is 0 Å². The van der Waals surface area contributed by atoms with Gasteiger partial charge in [0.25, 0.3) is 5.91 Å². The highest BCUT2D eigenvalue weighted by atomic mass is 16.2. The zero-order valence-electron chi connectivity index (χ0n) is 15.5. The van der Waals surface area contributed by atoms with Crippen LogP contribution in [0.4, 0.5) is 5.69 Å². The van der Waals surface area contributed by atoms with Gasteiger partial charge >= 0.3 is 0 Å². The number of anilines is 1. The Morgan fingerprint density at radius 2 is 1.96 bits per heavy atom. The van der Waals surface area contributed by atoms with E-state index in [0.29, 0.717) is 5.71 Å². The Bertz CT molecular complexity index is 687. The van der Waals surface area contributed by atoms with Crippen LogP contribution in [0.1, 0.15) is 40.0 Å². The lowest BCUT2D eigenvalue weighted by molar-refractivity contribution is -0.121. The summed E-state index contributed by atoms with van der Waals surface area (Å²) in [5.41, 5.74) is 1.07. The van der Waals surface area contributed by atoms with Crippen molar-refractivity contribution in [2.45, 2.75) is 52.1 Å². The Hall–Kier alpha value is -2.70. The van der Waals surface area contributed by atoms with E-state index in [0.717, 1.165) is 12.1 Å². The van der Waals surface area contributed by atoms with E-state index in [1.165, 1.54) is 6.92 Å². The molecule has 0 aliphatic carbocycles. The van der Waals surface area contributed by atoms with Gasteiger partial charge in [0.1, 0.15) is 11.8 Å². The van der Waals surface area contributed by atoms with Gasteiger partial charge in [-0.3, -0.25) is 19.4 Å². The molecular weight excluding hydrogens is 332 g/mol. The molecule has 1 aromatic rings. The van der Waals surface area contributed by atoms with Crippen LogP contribution in [0.15, 0.2) is 35.4 Å². The van der Waals surface area contributed by atoms with Crippen LogP contribution in [0.3, 0.4) is 0 Å². The molecule has 2 N–H and O–H groups in total. The van der Waals surface area contributed by atoms with Crippen molar-refractivity contribution >= 4 is 29.0 Å². The number of carbonyl (C=O) groups is 3. The Balaban J connectivity index is 1.94. The molecule has 0 radical (unpaired) electrons. The van der Waals surface area contributed by atoms with E-state index in [-0.39, 0.29) is 43.0 Å². The van der Waals surface area contributed by atoms with Crippen molar-refractivity contribution in [3.63, 3.8) is 0 Å². The van der Waals surface area contributed by atoms with Crippen molar-refractivity contribution in [3.8, 4) is 0 Å². The van der Waals surface area contributed by atoms with Crippen LogP contribution in [0.2, 0.25) is 0 Å². The summed E-state index contributed by atoms with van der Waals surface area (Å²) in [4.78, 5) is 36.0. The van der Waals surface area contributed by atoms with Crippen molar-refractivity contribution in [3.05, 3.63) is 30.3 Å². The second-order valence-electron chi connectivity index (χ2n) is 6.44. The minimum atomic E-state index is -0.480. The molecule has 0 fully saturated rings. The number of hydrogen-bond donors (Lipinski definition) is 2. The quantitative estimate of drug-likeness (QED) is 0.739. The smallest absolute Gasteiger partial charge is 0.267 e. The summed E-state index contributed by atoms with van der Waals surface area (Å²) in [6.07, 6.45) is 1.33. The lowest BCUT2D eigenvalue weighted by atomic mass is 10.1. The highest BCUT2D eigenvalue weighted by molar-refractivity contribution is 6.40. The Labute approximate surface area is 153 Å². The van der Waals surface area contributed by atoms with Crippen molar-refractivity contribution < 1.29 is 14.4 Å². The summed E-state index contributed by atoms with van der Waals surface area (Å²) >= 11 is 0. The number of ketones is 1. The highest BCUT2D eigenvalue weighted by Gasteiger charge is 2.33. The van der Waals surface area contributed by atoms with E-state index in [1.807, 2.05) is 44.2 Å². The lowest BCUT2D eigenvalue weighted by Gasteiger charge is -2.20. The fraction of sp³-hybridized carbons (Fsp3) is 0.474. The second kappa shape index (κ2) is 9.12. The first-order valence-corrected chi connectivity index (χ1v) is 8.92. The Morgan fingerprint density at radius 1 is 1.27 bits per heavy atom. The van der Waals surface area contributed by atoms with Gasteiger partial charge in [0.2, 0.25) is 5.91 Å². The van der Waals surface area contributed by atoms with Gasteiger partial charge < -0.3 is 10.6 Å². The van der Waals surface area contributed by atoms with E-state index >= 15 is 0 Å². The minimum Gasteiger partial charge on any atom is -0.354 e. The molecule has 0 bridgehead atoms. The van der Waals surface area contributed by atoms with Gasteiger partial charge in [-0.15, -0.1) is 0 Å². The van der Waals surface area contributed by atoms with Gasteiger partial charge in [-0.05, 0) is 32.4 Å². The number of nitrogens with zero attached hydrogens (tertiary/aromatic N) is 2. The fourth-order valence-corrected chi connectivity index (χ4v) is 2.62. The zero-order chi connectivity index (χ0) is 19.1. The summed E-state index contributed by atoms with van der Waals surface area (Å²) in [7, 11) is 0. The van der Waals surface area contributed by atoms with E-state index in [9.17, 15) is 14.4 Å². The molecule has 0 saturated carbocycles. The molecule has 0 saturated heterocycles. The van der Waals surface area contributed by atoms with Crippen LogP contribution in [0.25, 0.3) is 0 Å². The molecule has 0 spiro atoms. The van der Waals surface area contributed by atoms with Crippen molar-refractivity contribution in [2.75, 3.05) is 11.6 Å². The summed E-state index contributed by atoms with van der Waals surface area (Å²) in [5, 5.41) is 11.5. The molecule has 1 aliphatic rings. The topological polar surface area (TPSA) is 90.9 Å². The van der Waals surface area contributed by atoms with E-state index in [4.69, 9.17) is 0 Å². The number of hydrogen-bond acceptors (Lipinski definition) is 5. The van der Waals surface area contributed by atoms with Gasteiger partial charge in [0, 0.05) is 25.4 Å². The number of rotatable bonds is 8. The molecule has 140 valence electrons. The molecule has 2 unspecified atom stereocenters. The number of para-hydroxylation sites is 1. The number of hydrazone groups is 1. The van der Waals surface area contributed by atoms with E-state index in [1.54, 1.807) is 5.01 Å². The summed E-state index contributed by atoms with van der Waals surface area (Å²) in [6, 6.07) is 8.93. The molecule has 1 aliphatic heterocycles. The number of amides is 2. The second-order valence-corrected chi connectivity index (χ2v) is 6.44. The van der Waals surface area contributed by atoms with Gasteiger partial charge in [0.05, 0.1) is 5.69 Å². The molecule has 1 aromatic carbocycles. The SMILES string of the molecule is CCC(C)NC(=O)CCNC(=O)C1=NN(c2ccccc2)C(C(C)=O)C1. The minimum absolute atomic E-state index is 0.0478. The van der Waals surface area contributed by atoms with Crippen LogP contribution in [-0.4, -0.2) is 41.9 Å². The van der Waals surface area contributed by atoms with Crippen LogP contribution >= 0.6 is 0 Å². The van der Waals surface area contributed by atoms with Crippen LogP contribution in [0.5, 0.6) is 0 Å². The summed E-state index contributed by atoms with van der Waals surface area (Å²) < 4.78 is 0. The van der Waals surface area contributed by atoms with Gasteiger partial charge in [-0.25, -0.2) is 0 Å². The maximum Gasteiger partial charge on any atom is 0.267 e. The largest absolute Gasteiger partial charge is 0.354 e.